The number of nitrogens with one attached hydrogen (secondary N) is 2. The lowest BCUT2D eigenvalue weighted by molar-refractivity contribution is -0.121. The fourth-order valence-electron chi connectivity index (χ4n) is 2.80. The second kappa shape index (κ2) is 9.14. The van der Waals surface area contributed by atoms with Gasteiger partial charge >= 0.3 is 0 Å². The second-order valence-electron chi connectivity index (χ2n) is 6.96. The van der Waals surface area contributed by atoms with Crippen molar-refractivity contribution in [3.05, 3.63) is 83.8 Å². The molecule has 0 saturated heterocycles. The fourth-order valence-corrected chi connectivity index (χ4v) is 2.80. The highest BCUT2D eigenvalue weighted by atomic mass is 19.1. The third kappa shape index (κ3) is 5.28. The van der Waals surface area contributed by atoms with Crippen LogP contribution in [0.3, 0.4) is 0 Å². The highest BCUT2D eigenvalue weighted by Crippen LogP contribution is 2.22. The molecule has 150 valence electrons. The molecule has 0 radical (unpaired) electrons. The Kier molecular flexibility index (Phi) is 6.39. The maximum atomic E-state index is 13.7. The molecular formula is C22H22FN3O3. The van der Waals surface area contributed by atoms with Crippen molar-refractivity contribution in [2.45, 2.75) is 26.3 Å². The molecule has 1 heterocycles. The van der Waals surface area contributed by atoms with Crippen molar-refractivity contribution in [1.82, 2.24) is 10.3 Å². The Labute approximate surface area is 168 Å². The molecule has 6 nitrogen and oxygen atoms in total. The molecule has 0 unspecified atom stereocenters. The second-order valence-corrected chi connectivity index (χ2v) is 6.96. The van der Waals surface area contributed by atoms with Gasteiger partial charge in [0.15, 0.2) is 5.69 Å². The summed E-state index contributed by atoms with van der Waals surface area (Å²) in [6.07, 6.45) is 1.43. The Morgan fingerprint density at radius 1 is 1.07 bits per heavy atom. The van der Waals surface area contributed by atoms with Crippen LogP contribution in [0.2, 0.25) is 0 Å². The number of oxazole rings is 1. The lowest BCUT2D eigenvalue weighted by Crippen LogP contribution is -2.33. The Balaban J connectivity index is 1.69. The van der Waals surface area contributed by atoms with Crippen LogP contribution in [0.4, 0.5) is 10.1 Å². The van der Waals surface area contributed by atoms with Gasteiger partial charge in [-0.3, -0.25) is 9.59 Å². The zero-order valence-corrected chi connectivity index (χ0v) is 16.2. The number of benzene rings is 2. The first-order valence-electron chi connectivity index (χ1n) is 9.28. The fraction of sp³-hybridized carbons (Fsp3) is 0.227. The van der Waals surface area contributed by atoms with E-state index in [1.54, 1.807) is 6.07 Å². The van der Waals surface area contributed by atoms with Gasteiger partial charge < -0.3 is 15.1 Å². The molecule has 0 aliphatic rings. The van der Waals surface area contributed by atoms with E-state index >= 15 is 0 Å². The van der Waals surface area contributed by atoms with Crippen LogP contribution in [0.25, 0.3) is 0 Å². The summed E-state index contributed by atoms with van der Waals surface area (Å²) in [7, 11) is 0. The molecule has 2 aromatic carbocycles. The molecule has 2 amide bonds. The summed E-state index contributed by atoms with van der Waals surface area (Å²) in [5.74, 6) is -1.11. The summed E-state index contributed by atoms with van der Waals surface area (Å²) >= 11 is 0. The number of nitrogens with zero attached hydrogens (tertiary/aromatic N) is 1. The van der Waals surface area contributed by atoms with Crippen molar-refractivity contribution in [3.8, 4) is 0 Å². The maximum absolute atomic E-state index is 13.7. The number of para-hydroxylation sites is 1. The molecule has 0 aliphatic heterocycles. The normalized spacial score (nSPS) is 11.9. The SMILES string of the molecule is CC(C)[C@H](NC(=O)Cc1ccccc1)c1nc(C(=O)Nc2ccccc2F)co1. The van der Waals surface area contributed by atoms with Crippen molar-refractivity contribution in [1.29, 1.82) is 0 Å². The number of hydrogen-bond donors (Lipinski definition) is 2. The molecule has 0 spiro atoms. The summed E-state index contributed by atoms with van der Waals surface area (Å²) in [6.45, 7) is 3.83. The van der Waals surface area contributed by atoms with E-state index in [2.05, 4.69) is 15.6 Å². The van der Waals surface area contributed by atoms with E-state index in [0.29, 0.717) is 0 Å². The van der Waals surface area contributed by atoms with E-state index in [1.165, 1.54) is 24.5 Å². The lowest BCUT2D eigenvalue weighted by Gasteiger charge is -2.19. The smallest absolute Gasteiger partial charge is 0.277 e. The predicted molar refractivity (Wildman–Crippen MR) is 107 cm³/mol. The average molecular weight is 395 g/mol. The molecule has 7 heteroatoms. The molecule has 0 aliphatic carbocycles. The molecule has 3 aromatic rings. The molecule has 1 aromatic heterocycles. The van der Waals surface area contributed by atoms with Crippen molar-refractivity contribution in [3.63, 3.8) is 0 Å². The van der Waals surface area contributed by atoms with Crippen LogP contribution in [-0.2, 0) is 11.2 Å². The van der Waals surface area contributed by atoms with E-state index in [1.807, 2.05) is 44.2 Å². The molecule has 1 atom stereocenters. The molecule has 2 N–H and O–H groups in total. The number of amides is 2. The van der Waals surface area contributed by atoms with Crippen LogP contribution in [0.1, 0.15) is 41.8 Å². The third-order valence-electron chi connectivity index (χ3n) is 4.33. The van der Waals surface area contributed by atoms with E-state index in [0.717, 1.165) is 5.56 Å². The summed E-state index contributed by atoms with van der Waals surface area (Å²) in [6, 6.07) is 14.7. The van der Waals surface area contributed by atoms with Gasteiger partial charge in [-0.2, -0.15) is 0 Å². The number of aromatic nitrogens is 1. The topological polar surface area (TPSA) is 84.2 Å². The van der Waals surface area contributed by atoms with Gasteiger partial charge in [0.05, 0.1) is 12.1 Å². The molecule has 29 heavy (non-hydrogen) atoms. The number of halogens is 1. The standard InChI is InChI=1S/C22H22FN3O3/c1-14(2)20(26-19(27)12-15-8-4-3-5-9-15)22-25-18(13-29-22)21(28)24-17-11-7-6-10-16(17)23/h3-11,13-14,20H,12H2,1-2H3,(H,24,28)(H,26,27)/t20-/m0/s1. The number of anilines is 1. The van der Waals surface area contributed by atoms with Crippen LogP contribution < -0.4 is 10.6 Å². The van der Waals surface area contributed by atoms with E-state index in [9.17, 15) is 14.0 Å². The van der Waals surface area contributed by atoms with Gasteiger partial charge in [-0.1, -0.05) is 56.3 Å². The summed E-state index contributed by atoms with van der Waals surface area (Å²) < 4.78 is 19.2. The van der Waals surface area contributed by atoms with E-state index < -0.39 is 17.8 Å². The third-order valence-corrected chi connectivity index (χ3v) is 4.33. The van der Waals surface area contributed by atoms with Gasteiger partial charge in [0, 0.05) is 0 Å². The highest BCUT2D eigenvalue weighted by molar-refractivity contribution is 6.02. The molecule has 0 bridgehead atoms. The van der Waals surface area contributed by atoms with Crippen LogP contribution in [0.15, 0.2) is 65.3 Å². The lowest BCUT2D eigenvalue weighted by atomic mass is 10.0. The quantitative estimate of drug-likeness (QED) is 0.630. The van der Waals surface area contributed by atoms with Crippen LogP contribution in [0.5, 0.6) is 0 Å². The minimum atomic E-state index is -0.594. The number of rotatable bonds is 7. The van der Waals surface area contributed by atoms with Gasteiger partial charge in [0.25, 0.3) is 5.91 Å². The van der Waals surface area contributed by atoms with E-state index in [-0.39, 0.29) is 35.5 Å². The van der Waals surface area contributed by atoms with E-state index in [4.69, 9.17) is 4.42 Å². The zero-order chi connectivity index (χ0) is 20.8. The van der Waals surface area contributed by atoms with Crippen molar-refractivity contribution < 1.29 is 18.4 Å². The number of carbonyl (C=O) groups excluding carboxylic acids is 2. The molecule has 3 rings (SSSR count). The maximum Gasteiger partial charge on any atom is 0.277 e. The van der Waals surface area contributed by atoms with Crippen molar-refractivity contribution in [2.75, 3.05) is 5.32 Å². The van der Waals surface area contributed by atoms with Crippen LogP contribution in [-0.4, -0.2) is 16.8 Å². The van der Waals surface area contributed by atoms with Crippen molar-refractivity contribution in [2.24, 2.45) is 5.92 Å². The Morgan fingerprint density at radius 2 is 1.76 bits per heavy atom. The Morgan fingerprint density at radius 3 is 2.45 bits per heavy atom. The molecule has 0 fully saturated rings. The van der Waals surface area contributed by atoms with Gasteiger partial charge in [-0.25, -0.2) is 9.37 Å². The van der Waals surface area contributed by atoms with Crippen LogP contribution >= 0.6 is 0 Å². The van der Waals surface area contributed by atoms with Gasteiger partial charge in [-0.05, 0) is 23.6 Å². The van der Waals surface area contributed by atoms with Gasteiger partial charge in [-0.15, -0.1) is 0 Å². The summed E-state index contributed by atoms with van der Waals surface area (Å²) in [5.41, 5.74) is 0.953. The molecule has 0 saturated carbocycles. The number of carbonyl (C=O) groups is 2. The highest BCUT2D eigenvalue weighted by Gasteiger charge is 2.25. The number of hydrogen-bond acceptors (Lipinski definition) is 4. The Hall–Kier alpha value is -3.48. The minimum Gasteiger partial charge on any atom is -0.446 e. The summed E-state index contributed by atoms with van der Waals surface area (Å²) in [4.78, 5) is 29.0. The largest absolute Gasteiger partial charge is 0.446 e. The zero-order valence-electron chi connectivity index (χ0n) is 16.2. The van der Waals surface area contributed by atoms with Crippen LogP contribution in [0, 0.1) is 11.7 Å². The first-order chi connectivity index (χ1) is 13.9. The first kappa shape index (κ1) is 20.3. The minimum absolute atomic E-state index is 0.00575. The van der Waals surface area contributed by atoms with Gasteiger partial charge in [0.2, 0.25) is 11.8 Å². The Bertz CT molecular complexity index is 986. The monoisotopic (exact) mass is 395 g/mol. The van der Waals surface area contributed by atoms with Crippen molar-refractivity contribution >= 4 is 17.5 Å². The van der Waals surface area contributed by atoms with Gasteiger partial charge in [0.1, 0.15) is 18.1 Å². The predicted octanol–water partition coefficient (Wildman–Crippen LogP) is 4.12. The average Bonchev–Trinajstić information content (AvgIpc) is 3.18. The summed E-state index contributed by atoms with van der Waals surface area (Å²) in [5, 5.41) is 5.36. The first-order valence-corrected chi connectivity index (χ1v) is 9.28. The molecular weight excluding hydrogens is 373 g/mol.